The molecule has 3 nitrogen and oxygen atoms in total. The average molecular weight is 304 g/mol. The Balaban J connectivity index is 1.86. The zero-order valence-corrected chi connectivity index (χ0v) is 11.5. The van der Waals surface area contributed by atoms with Crippen molar-refractivity contribution in [2.24, 2.45) is 0 Å². The first-order chi connectivity index (χ1) is 9.44. The number of halogens is 3. The second-order valence-electron chi connectivity index (χ2n) is 4.57. The molecule has 20 heavy (non-hydrogen) atoms. The molecule has 0 aliphatic carbocycles. The minimum absolute atomic E-state index is 0.0431. The maximum absolute atomic E-state index is 12.1. The smallest absolute Gasteiger partial charge is 0.325 e. The van der Waals surface area contributed by atoms with Gasteiger partial charge in [0.05, 0.1) is 6.04 Å². The number of hydrogen-bond donors (Lipinski definition) is 2. The zero-order valence-electron chi connectivity index (χ0n) is 10.7. The summed E-state index contributed by atoms with van der Waals surface area (Å²) in [6.45, 7) is 0. The SMILES string of the molecule is O=C(Nc1ccc(CCC(F)(F)F)cc1)C1CSCN1. The third kappa shape index (κ3) is 4.72. The van der Waals surface area contributed by atoms with E-state index in [1.54, 1.807) is 36.0 Å². The summed E-state index contributed by atoms with van der Waals surface area (Å²) in [5, 5.41) is 5.80. The molecule has 2 rings (SSSR count). The molecular formula is C13H15F3N2OS. The van der Waals surface area contributed by atoms with Crippen molar-refractivity contribution in [2.75, 3.05) is 16.9 Å². The molecule has 1 heterocycles. The average Bonchev–Trinajstić information content (AvgIpc) is 2.91. The van der Waals surface area contributed by atoms with Crippen LogP contribution in [0, 0.1) is 0 Å². The van der Waals surface area contributed by atoms with Crippen molar-refractivity contribution in [3.05, 3.63) is 29.8 Å². The van der Waals surface area contributed by atoms with Gasteiger partial charge in [0.1, 0.15) is 0 Å². The van der Waals surface area contributed by atoms with E-state index in [1.807, 2.05) is 0 Å². The molecule has 1 atom stereocenters. The first-order valence-corrected chi connectivity index (χ1v) is 7.37. The van der Waals surface area contributed by atoms with Crippen LogP contribution in [0.25, 0.3) is 0 Å². The van der Waals surface area contributed by atoms with Gasteiger partial charge in [-0.2, -0.15) is 13.2 Å². The highest BCUT2D eigenvalue weighted by atomic mass is 32.2. The van der Waals surface area contributed by atoms with Crippen LogP contribution in [0.4, 0.5) is 18.9 Å². The molecule has 2 N–H and O–H groups in total. The predicted molar refractivity (Wildman–Crippen MR) is 73.7 cm³/mol. The van der Waals surface area contributed by atoms with Crippen molar-refractivity contribution in [1.29, 1.82) is 0 Å². The Hall–Kier alpha value is -1.21. The number of thioether (sulfide) groups is 1. The monoisotopic (exact) mass is 304 g/mol. The second-order valence-corrected chi connectivity index (χ2v) is 5.60. The highest BCUT2D eigenvalue weighted by Crippen LogP contribution is 2.22. The van der Waals surface area contributed by atoms with E-state index < -0.39 is 12.6 Å². The van der Waals surface area contributed by atoms with Crippen LogP contribution in [0.3, 0.4) is 0 Å². The molecule has 1 aliphatic heterocycles. The Morgan fingerprint density at radius 2 is 2.05 bits per heavy atom. The van der Waals surface area contributed by atoms with Crippen molar-refractivity contribution < 1.29 is 18.0 Å². The summed E-state index contributed by atoms with van der Waals surface area (Å²) in [4.78, 5) is 11.8. The maximum Gasteiger partial charge on any atom is 0.389 e. The molecule has 1 aromatic rings. The van der Waals surface area contributed by atoms with Crippen molar-refractivity contribution in [3.8, 4) is 0 Å². The highest BCUT2D eigenvalue weighted by molar-refractivity contribution is 7.99. The van der Waals surface area contributed by atoms with Crippen molar-refractivity contribution >= 4 is 23.4 Å². The minimum atomic E-state index is -4.14. The van der Waals surface area contributed by atoms with Crippen LogP contribution in [0.2, 0.25) is 0 Å². The molecule has 1 saturated heterocycles. The molecule has 1 aromatic carbocycles. The quantitative estimate of drug-likeness (QED) is 0.899. The van der Waals surface area contributed by atoms with Crippen LogP contribution in [0.5, 0.6) is 0 Å². The normalized spacial score (nSPS) is 19.1. The summed E-state index contributed by atoms with van der Waals surface area (Å²) < 4.78 is 36.3. The molecule has 1 aliphatic rings. The summed E-state index contributed by atoms with van der Waals surface area (Å²) in [6.07, 6.45) is -5.01. The number of alkyl halides is 3. The summed E-state index contributed by atoms with van der Waals surface area (Å²) in [7, 11) is 0. The van der Waals surface area contributed by atoms with E-state index >= 15 is 0 Å². The molecule has 1 amide bonds. The highest BCUT2D eigenvalue weighted by Gasteiger charge is 2.26. The standard InChI is InChI=1S/C13H15F3N2OS/c14-13(15,16)6-5-9-1-3-10(4-2-9)18-12(19)11-7-20-8-17-11/h1-4,11,17H,5-8H2,(H,18,19). The van der Waals surface area contributed by atoms with Crippen molar-refractivity contribution in [1.82, 2.24) is 5.32 Å². The lowest BCUT2D eigenvalue weighted by Gasteiger charge is -2.11. The Morgan fingerprint density at radius 3 is 2.60 bits per heavy atom. The van der Waals surface area contributed by atoms with Gasteiger partial charge in [0.15, 0.2) is 0 Å². The number of benzene rings is 1. The number of carbonyl (C=O) groups is 1. The first kappa shape index (κ1) is 15.2. The van der Waals surface area contributed by atoms with E-state index in [9.17, 15) is 18.0 Å². The fraction of sp³-hybridized carbons (Fsp3) is 0.462. The fourth-order valence-corrected chi connectivity index (χ4v) is 2.78. The van der Waals surface area contributed by atoms with E-state index in [4.69, 9.17) is 0 Å². The van der Waals surface area contributed by atoms with E-state index in [2.05, 4.69) is 10.6 Å². The molecule has 110 valence electrons. The van der Waals surface area contributed by atoms with E-state index in [0.717, 1.165) is 11.6 Å². The van der Waals surface area contributed by atoms with Crippen LogP contribution in [-0.2, 0) is 11.2 Å². The number of carbonyl (C=O) groups excluding carboxylic acids is 1. The minimum Gasteiger partial charge on any atom is -0.325 e. The van der Waals surface area contributed by atoms with Gasteiger partial charge < -0.3 is 5.32 Å². The van der Waals surface area contributed by atoms with Crippen LogP contribution < -0.4 is 10.6 Å². The Bertz CT molecular complexity index is 456. The van der Waals surface area contributed by atoms with Crippen LogP contribution in [0.15, 0.2) is 24.3 Å². The summed E-state index contributed by atoms with van der Waals surface area (Å²) in [5.41, 5.74) is 1.21. The van der Waals surface area contributed by atoms with E-state index in [-0.39, 0.29) is 18.4 Å². The van der Waals surface area contributed by atoms with E-state index in [0.29, 0.717) is 11.3 Å². The first-order valence-electron chi connectivity index (χ1n) is 6.22. The molecule has 0 radical (unpaired) electrons. The van der Waals surface area contributed by atoms with E-state index in [1.165, 1.54) is 0 Å². The number of rotatable bonds is 4. The maximum atomic E-state index is 12.1. The Labute approximate surface area is 119 Å². The molecule has 7 heteroatoms. The lowest BCUT2D eigenvalue weighted by Crippen LogP contribution is -2.37. The summed E-state index contributed by atoms with van der Waals surface area (Å²) >= 11 is 1.65. The molecule has 0 spiro atoms. The van der Waals surface area contributed by atoms with Gasteiger partial charge in [0.25, 0.3) is 0 Å². The van der Waals surface area contributed by atoms with Crippen molar-refractivity contribution in [3.63, 3.8) is 0 Å². The topological polar surface area (TPSA) is 41.1 Å². The molecule has 0 saturated carbocycles. The van der Waals surface area contributed by atoms with Gasteiger partial charge in [-0.1, -0.05) is 12.1 Å². The fourth-order valence-electron chi connectivity index (χ4n) is 1.83. The van der Waals surface area contributed by atoms with Gasteiger partial charge in [0.2, 0.25) is 5.91 Å². The molecule has 1 fully saturated rings. The zero-order chi connectivity index (χ0) is 14.6. The third-order valence-corrected chi connectivity index (χ3v) is 3.89. The van der Waals surface area contributed by atoms with Gasteiger partial charge in [0, 0.05) is 23.7 Å². The lowest BCUT2D eigenvalue weighted by atomic mass is 10.1. The van der Waals surface area contributed by atoms with Crippen LogP contribution in [-0.4, -0.2) is 29.8 Å². The second kappa shape index (κ2) is 6.49. The van der Waals surface area contributed by atoms with Gasteiger partial charge in [-0.15, -0.1) is 11.8 Å². The Morgan fingerprint density at radius 1 is 1.35 bits per heavy atom. The van der Waals surface area contributed by atoms with Gasteiger partial charge in [-0.3, -0.25) is 10.1 Å². The van der Waals surface area contributed by atoms with Gasteiger partial charge in [-0.05, 0) is 24.1 Å². The summed E-state index contributed by atoms with van der Waals surface area (Å²) in [6, 6.07) is 6.28. The summed E-state index contributed by atoms with van der Waals surface area (Å²) in [5.74, 6) is 1.38. The van der Waals surface area contributed by atoms with Crippen LogP contribution in [0.1, 0.15) is 12.0 Å². The Kier molecular flexibility index (Phi) is 4.93. The molecule has 0 bridgehead atoms. The number of anilines is 1. The lowest BCUT2D eigenvalue weighted by molar-refractivity contribution is -0.134. The third-order valence-electron chi connectivity index (χ3n) is 2.95. The molecular weight excluding hydrogens is 289 g/mol. The molecule has 0 aromatic heterocycles. The number of nitrogens with one attached hydrogen (secondary N) is 2. The number of amides is 1. The largest absolute Gasteiger partial charge is 0.389 e. The van der Waals surface area contributed by atoms with Gasteiger partial charge >= 0.3 is 6.18 Å². The predicted octanol–water partition coefficient (Wildman–Crippen LogP) is 2.78. The van der Waals surface area contributed by atoms with Crippen molar-refractivity contribution in [2.45, 2.75) is 25.1 Å². The number of aryl methyl sites for hydroxylation is 1. The van der Waals surface area contributed by atoms with Crippen LogP contribution >= 0.6 is 11.8 Å². The number of hydrogen-bond acceptors (Lipinski definition) is 3. The molecule has 1 unspecified atom stereocenters. The van der Waals surface area contributed by atoms with Gasteiger partial charge in [-0.25, -0.2) is 0 Å².